The van der Waals surface area contributed by atoms with Crippen molar-refractivity contribution in [2.24, 2.45) is 0 Å². The zero-order valence-corrected chi connectivity index (χ0v) is 14.9. The molecule has 0 bridgehead atoms. The fourth-order valence-electron chi connectivity index (χ4n) is 1.40. The molecule has 0 atom stereocenters. The van der Waals surface area contributed by atoms with Gasteiger partial charge in [0.05, 0.1) is 8.66 Å². The quantitative estimate of drug-likeness (QED) is 0.662. The first-order valence-corrected chi connectivity index (χ1v) is 8.34. The van der Waals surface area contributed by atoms with E-state index in [1.54, 1.807) is 18.2 Å². The van der Waals surface area contributed by atoms with E-state index in [0.717, 1.165) is 12.7 Å². The summed E-state index contributed by atoms with van der Waals surface area (Å²) in [5.41, 5.74) is 0.442. The van der Waals surface area contributed by atoms with Gasteiger partial charge in [-0.3, -0.25) is 4.79 Å². The lowest BCUT2D eigenvalue weighted by Crippen LogP contribution is -2.22. The van der Waals surface area contributed by atoms with Crippen molar-refractivity contribution in [2.75, 3.05) is 0 Å². The third-order valence-electron chi connectivity index (χ3n) is 2.32. The molecule has 0 radical (unpaired) electrons. The largest absolute Gasteiger partial charge is 0.347 e. The molecule has 1 aromatic heterocycles. The van der Waals surface area contributed by atoms with Crippen molar-refractivity contribution in [1.29, 1.82) is 0 Å². The normalized spacial score (nSPS) is 10.5. The predicted molar refractivity (Wildman–Crippen MR) is 85.0 cm³/mol. The number of thiophene rings is 1. The van der Waals surface area contributed by atoms with Gasteiger partial charge in [0.15, 0.2) is 0 Å². The summed E-state index contributed by atoms with van der Waals surface area (Å²) < 4.78 is 16.0. The summed E-state index contributed by atoms with van der Waals surface area (Å²) in [5.74, 6) is -0.562. The first-order chi connectivity index (χ1) is 8.97. The van der Waals surface area contributed by atoms with E-state index in [4.69, 9.17) is 0 Å². The van der Waals surface area contributed by atoms with E-state index in [0.29, 0.717) is 10.4 Å². The molecular weight excluding hydrogens is 465 g/mol. The van der Waals surface area contributed by atoms with E-state index < -0.39 is 0 Å². The lowest BCUT2D eigenvalue weighted by Gasteiger charge is -2.05. The summed E-state index contributed by atoms with van der Waals surface area (Å²) in [6.07, 6.45) is 0. The summed E-state index contributed by atoms with van der Waals surface area (Å²) in [5, 5.41) is 2.69. The molecule has 19 heavy (non-hydrogen) atoms. The van der Waals surface area contributed by atoms with Gasteiger partial charge >= 0.3 is 0 Å². The number of nitrogens with one attached hydrogen (secondary N) is 1. The number of carbonyl (C=O) groups excluding carboxylic acids is 1. The van der Waals surface area contributed by atoms with Crippen LogP contribution in [-0.4, -0.2) is 5.91 Å². The number of hydrogen-bond donors (Lipinski definition) is 1. The zero-order valence-electron chi connectivity index (χ0n) is 9.34. The van der Waals surface area contributed by atoms with E-state index >= 15 is 0 Å². The van der Waals surface area contributed by atoms with Crippen LogP contribution in [0.1, 0.15) is 15.2 Å². The molecule has 0 spiro atoms. The highest BCUT2D eigenvalue weighted by atomic mass is 79.9. The first-order valence-electron chi connectivity index (χ1n) is 5.14. The highest BCUT2D eigenvalue weighted by molar-refractivity contribution is 9.13. The number of hydrogen-bond acceptors (Lipinski definition) is 2. The molecule has 2 rings (SSSR count). The molecule has 0 aliphatic heterocycles. The average molecular weight is 472 g/mol. The minimum atomic E-state index is -0.336. The van der Waals surface area contributed by atoms with Crippen LogP contribution in [0, 0.1) is 5.82 Å². The standard InChI is InChI=1S/C12H7Br3FNOS/c13-7-1-2-9(16)6(3-7)5-17-12(18)10-4-8(14)11(15)19-10/h1-4H,5H2,(H,17,18). The van der Waals surface area contributed by atoms with E-state index in [2.05, 4.69) is 53.1 Å². The van der Waals surface area contributed by atoms with Crippen molar-refractivity contribution in [2.45, 2.75) is 6.54 Å². The molecule has 1 aromatic carbocycles. The monoisotopic (exact) mass is 469 g/mol. The van der Waals surface area contributed by atoms with Gasteiger partial charge in [0, 0.05) is 21.1 Å². The molecule has 1 amide bonds. The summed E-state index contributed by atoms with van der Waals surface area (Å²) in [6, 6.07) is 6.36. The summed E-state index contributed by atoms with van der Waals surface area (Å²) in [4.78, 5) is 12.5. The van der Waals surface area contributed by atoms with E-state index in [-0.39, 0.29) is 18.3 Å². The van der Waals surface area contributed by atoms with Gasteiger partial charge in [-0.2, -0.15) is 0 Å². The number of amides is 1. The highest BCUT2D eigenvalue weighted by Crippen LogP contribution is 2.32. The maximum atomic E-state index is 13.5. The molecule has 7 heteroatoms. The van der Waals surface area contributed by atoms with Crippen molar-refractivity contribution in [3.05, 3.63) is 53.3 Å². The Morgan fingerprint density at radius 2 is 2.00 bits per heavy atom. The Hall–Kier alpha value is -0.240. The van der Waals surface area contributed by atoms with Gasteiger partial charge in [0.25, 0.3) is 5.91 Å². The van der Waals surface area contributed by atoms with Crippen LogP contribution >= 0.6 is 59.1 Å². The van der Waals surface area contributed by atoms with Gasteiger partial charge < -0.3 is 5.32 Å². The molecule has 0 saturated heterocycles. The van der Waals surface area contributed by atoms with Crippen LogP contribution in [0.5, 0.6) is 0 Å². The number of benzene rings is 1. The van der Waals surface area contributed by atoms with Crippen LogP contribution in [0.25, 0.3) is 0 Å². The fraction of sp³-hybridized carbons (Fsp3) is 0.0833. The van der Waals surface area contributed by atoms with Crippen molar-refractivity contribution in [3.8, 4) is 0 Å². The predicted octanol–water partition coefficient (Wildman–Crippen LogP) is 5.10. The van der Waals surface area contributed by atoms with Crippen molar-refractivity contribution in [3.63, 3.8) is 0 Å². The molecule has 100 valence electrons. The van der Waals surface area contributed by atoms with Crippen molar-refractivity contribution in [1.82, 2.24) is 5.32 Å². The maximum Gasteiger partial charge on any atom is 0.261 e. The summed E-state index contributed by atoms with van der Waals surface area (Å²) >= 11 is 11.2. The summed E-state index contributed by atoms with van der Waals surface area (Å²) in [7, 11) is 0. The van der Waals surface area contributed by atoms with Crippen LogP contribution in [0.3, 0.4) is 0 Å². The zero-order chi connectivity index (χ0) is 14.0. The minimum absolute atomic E-state index is 0.150. The molecule has 2 nitrogen and oxygen atoms in total. The first kappa shape index (κ1) is 15.2. The Balaban J connectivity index is 2.06. The molecule has 1 N–H and O–H groups in total. The van der Waals surface area contributed by atoms with Crippen LogP contribution in [0.4, 0.5) is 4.39 Å². The highest BCUT2D eigenvalue weighted by Gasteiger charge is 2.12. The maximum absolute atomic E-state index is 13.5. The minimum Gasteiger partial charge on any atom is -0.347 e. The Labute approximate surface area is 138 Å². The van der Waals surface area contributed by atoms with Gasteiger partial charge in [-0.05, 0) is 56.1 Å². The second-order valence-corrected chi connectivity index (χ2v) is 7.79. The van der Waals surface area contributed by atoms with E-state index in [1.807, 2.05) is 0 Å². The lowest BCUT2D eigenvalue weighted by atomic mass is 10.2. The molecule has 0 aliphatic carbocycles. The Bertz CT molecular complexity index is 610. The van der Waals surface area contributed by atoms with Crippen molar-refractivity contribution < 1.29 is 9.18 Å². The van der Waals surface area contributed by atoms with Crippen LogP contribution in [0.15, 0.2) is 37.0 Å². The average Bonchev–Trinajstić information content (AvgIpc) is 2.70. The third-order valence-corrected chi connectivity index (χ3v) is 6.06. The second-order valence-electron chi connectivity index (χ2n) is 3.65. The van der Waals surface area contributed by atoms with Gasteiger partial charge in [-0.15, -0.1) is 11.3 Å². The Kier molecular flexibility index (Phi) is 5.16. The second kappa shape index (κ2) is 6.47. The number of carbonyl (C=O) groups is 1. The number of halogens is 4. The lowest BCUT2D eigenvalue weighted by molar-refractivity contribution is 0.0954. The Morgan fingerprint density at radius 1 is 1.26 bits per heavy atom. The molecule has 0 saturated carbocycles. The molecule has 0 aliphatic rings. The van der Waals surface area contributed by atoms with Gasteiger partial charge in [0.1, 0.15) is 5.82 Å². The SMILES string of the molecule is O=C(NCc1cc(Br)ccc1F)c1cc(Br)c(Br)s1. The fourth-order valence-corrected chi connectivity index (χ4v) is 3.76. The van der Waals surface area contributed by atoms with E-state index in [9.17, 15) is 9.18 Å². The molecule has 0 fully saturated rings. The molecular formula is C12H7Br3FNOS. The van der Waals surface area contributed by atoms with Crippen LogP contribution in [0.2, 0.25) is 0 Å². The van der Waals surface area contributed by atoms with E-state index in [1.165, 1.54) is 17.4 Å². The molecule has 2 aromatic rings. The topological polar surface area (TPSA) is 29.1 Å². The Morgan fingerprint density at radius 3 is 2.63 bits per heavy atom. The number of rotatable bonds is 3. The molecule has 0 unspecified atom stereocenters. The van der Waals surface area contributed by atoms with Crippen LogP contribution in [-0.2, 0) is 6.54 Å². The third kappa shape index (κ3) is 3.87. The molecule has 1 heterocycles. The summed E-state index contributed by atoms with van der Waals surface area (Å²) in [6.45, 7) is 0.150. The van der Waals surface area contributed by atoms with Gasteiger partial charge in [-0.1, -0.05) is 15.9 Å². The van der Waals surface area contributed by atoms with Crippen molar-refractivity contribution >= 4 is 65.0 Å². The van der Waals surface area contributed by atoms with Crippen LogP contribution < -0.4 is 5.32 Å². The van der Waals surface area contributed by atoms with Gasteiger partial charge in [-0.25, -0.2) is 4.39 Å². The smallest absolute Gasteiger partial charge is 0.261 e. The van der Waals surface area contributed by atoms with Gasteiger partial charge in [0.2, 0.25) is 0 Å².